The molecule has 1 aromatic rings. The van der Waals surface area contributed by atoms with Gasteiger partial charge in [0.1, 0.15) is 18.5 Å². The zero-order valence-corrected chi connectivity index (χ0v) is 13.3. The molecule has 6 nitrogen and oxygen atoms in total. The molecule has 126 valence electrons. The number of non-ortho nitro benzene ring substituents is 1. The van der Waals surface area contributed by atoms with Gasteiger partial charge < -0.3 is 9.84 Å². The average molecular weight is 320 g/mol. The molecule has 1 unspecified atom stereocenters. The van der Waals surface area contributed by atoms with Crippen LogP contribution in [0.2, 0.25) is 0 Å². The Morgan fingerprint density at radius 2 is 1.96 bits per heavy atom. The summed E-state index contributed by atoms with van der Waals surface area (Å²) in [7, 11) is 0. The molecule has 0 amide bonds. The normalized spacial score (nSPS) is 19.9. The Hall–Kier alpha value is -1.66. The maximum Gasteiger partial charge on any atom is 0.273 e. The van der Waals surface area contributed by atoms with Crippen molar-refractivity contribution in [2.24, 2.45) is 0 Å². The molecule has 0 heterocycles. The van der Waals surface area contributed by atoms with Crippen LogP contribution < -0.4 is 4.74 Å². The van der Waals surface area contributed by atoms with E-state index in [9.17, 15) is 15.2 Å². The minimum absolute atomic E-state index is 0.00236. The summed E-state index contributed by atoms with van der Waals surface area (Å²) in [6.07, 6.45) is 6.92. The van der Waals surface area contributed by atoms with Crippen LogP contribution in [0.4, 0.5) is 5.69 Å². The van der Waals surface area contributed by atoms with Gasteiger partial charge >= 0.3 is 0 Å². The zero-order chi connectivity index (χ0) is 16.2. The van der Waals surface area contributed by atoms with E-state index >= 15 is 0 Å². The first kappa shape index (κ1) is 16.2. The second kappa shape index (κ2) is 7.27. The van der Waals surface area contributed by atoms with Crippen molar-refractivity contribution in [3.63, 3.8) is 0 Å². The lowest BCUT2D eigenvalue weighted by Crippen LogP contribution is -2.42. The highest BCUT2D eigenvalue weighted by molar-refractivity contribution is 5.37. The fraction of sp³-hybridized carbons (Fsp3) is 0.647. The Morgan fingerprint density at radius 3 is 2.61 bits per heavy atom. The number of nitrogens with zero attached hydrogens (tertiary/aromatic N) is 2. The van der Waals surface area contributed by atoms with Crippen molar-refractivity contribution >= 4 is 5.69 Å². The third-order valence-corrected chi connectivity index (χ3v) is 4.70. The summed E-state index contributed by atoms with van der Waals surface area (Å²) in [5.41, 5.74) is 0.00236. The van der Waals surface area contributed by atoms with Gasteiger partial charge in [0.05, 0.1) is 11.0 Å². The molecule has 0 spiro atoms. The molecule has 0 radical (unpaired) electrons. The maximum atomic E-state index is 10.8. The number of benzene rings is 1. The molecule has 1 atom stereocenters. The first-order valence-corrected chi connectivity index (χ1v) is 8.44. The zero-order valence-electron chi connectivity index (χ0n) is 13.3. The number of nitro groups is 1. The fourth-order valence-electron chi connectivity index (χ4n) is 3.41. The third-order valence-electron chi connectivity index (χ3n) is 4.70. The molecule has 0 aromatic heterocycles. The van der Waals surface area contributed by atoms with Crippen molar-refractivity contribution in [2.45, 2.75) is 56.7 Å². The van der Waals surface area contributed by atoms with Gasteiger partial charge in [0.2, 0.25) is 0 Å². The Kier molecular flexibility index (Phi) is 5.13. The van der Waals surface area contributed by atoms with Gasteiger partial charge in [-0.1, -0.05) is 18.9 Å². The van der Waals surface area contributed by atoms with Gasteiger partial charge in [-0.2, -0.15) is 0 Å². The summed E-state index contributed by atoms with van der Waals surface area (Å²) in [5, 5.41) is 21.1. The quantitative estimate of drug-likeness (QED) is 0.589. The largest absolute Gasteiger partial charge is 0.491 e. The molecule has 6 heteroatoms. The van der Waals surface area contributed by atoms with Crippen molar-refractivity contribution in [1.82, 2.24) is 4.90 Å². The lowest BCUT2D eigenvalue weighted by molar-refractivity contribution is -0.384. The molecular weight excluding hydrogens is 296 g/mol. The highest BCUT2D eigenvalue weighted by Crippen LogP contribution is 2.34. The van der Waals surface area contributed by atoms with Gasteiger partial charge in [0, 0.05) is 24.7 Å². The molecule has 2 aliphatic rings. The summed E-state index contributed by atoms with van der Waals surface area (Å²) < 4.78 is 5.54. The van der Waals surface area contributed by atoms with Crippen LogP contribution in [-0.4, -0.2) is 46.3 Å². The van der Waals surface area contributed by atoms with Crippen molar-refractivity contribution in [3.05, 3.63) is 34.4 Å². The summed E-state index contributed by atoms with van der Waals surface area (Å²) in [5.74, 6) is 0.428. The minimum Gasteiger partial charge on any atom is -0.491 e. The summed E-state index contributed by atoms with van der Waals surface area (Å²) in [6, 6.07) is 7.32. The molecule has 0 saturated heterocycles. The molecule has 23 heavy (non-hydrogen) atoms. The Bertz CT molecular complexity index is 541. The van der Waals surface area contributed by atoms with Crippen LogP contribution in [-0.2, 0) is 0 Å². The average Bonchev–Trinajstić information content (AvgIpc) is 3.25. The van der Waals surface area contributed by atoms with E-state index in [1.165, 1.54) is 50.7 Å². The molecule has 2 aliphatic carbocycles. The highest BCUT2D eigenvalue weighted by Gasteiger charge is 2.36. The van der Waals surface area contributed by atoms with Crippen LogP contribution in [0.5, 0.6) is 5.75 Å². The highest BCUT2D eigenvalue weighted by atomic mass is 16.6. The van der Waals surface area contributed by atoms with E-state index in [-0.39, 0.29) is 12.3 Å². The van der Waals surface area contributed by atoms with Gasteiger partial charge in [-0.25, -0.2) is 0 Å². The van der Waals surface area contributed by atoms with Gasteiger partial charge in [0.25, 0.3) is 5.69 Å². The number of aliphatic hydroxyl groups excluding tert-OH is 1. The van der Waals surface area contributed by atoms with E-state index in [2.05, 4.69) is 4.90 Å². The van der Waals surface area contributed by atoms with Gasteiger partial charge in [-0.15, -0.1) is 0 Å². The number of aliphatic hydroxyl groups is 1. The van der Waals surface area contributed by atoms with Crippen molar-refractivity contribution < 1.29 is 14.8 Å². The molecule has 1 aromatic carbocycles. The Morgan fingerprint density at radius 1 is 1.26 bits per heavy atom. The standard InChI is InChI=1S/C17H24N2O4/c20-16(11-18(14-8-9-14)13-4-1-2-5-13)12-23-17-7-3-6-15(10-17)19(21)22/h3,6-7,10,13-14,16,20H,1-2,4-5,8-9,11-12H2. The molecule has 0 aliphatic heterocycles. The summed E-state index contributed by atoms with van der Waals surface area (Å²) in [4.78, 5) is 12.8. The molecule has 2 saturated carbocycles. The third kappa shape index (κ3) is 4.42. The molecule has 0 bridgehead atoms. The van der Waals surface area contributed by atoms with Crippen LogP contribution in [0.3, 0.4) is 0 Å². The number of hydrogen-bond donors (Lipinski definition) is 1. The van der Waals surface area contributed by atoms with E-state index in [0.717, 1.165) is 0 Å². The number of nitro benzene ring substituents is 1. The van der Waals surface area contributed by atoms with Gasteiger partial charge in [0.15, 0.2) is 0 Å². The van der Waals surface area contributed by atoms with Gasteiger partial charge in [-0.05, 0) is 31.7 Å². The number of ether oxygens (including phenoxy) is 1. The monoisotopic (exact) mass is 320 g/mol. The van der Waals surface area contributed by atoms with Crippen molar-refractivity contribution in [3.8, 4) is 5.75 Å². The van der Waals surface area contributed by atoms with E-state index in [0.29, 0.717) is 24.4 Å². The van der Waals surface area contributed by atoms with E-state index < -0.39 is 11.0 Å². The van der Waals surface area contributed by atoms with E-state index in [1.54, 1.807) is 12.1 Å². The maximum absolute atomic E-state index is 10.8. The lowest BCUT2D eigenvalue weighted by Gasteiger charge is -2.30. The van der Waals surface area contributed by atoms with Crippen molar-refractivity contribution in [2.75, 3.05) is 13.2 Å². The molecule has 3 rings (SSSR count). The predicted octanol–water partition coefficient (Wildman–Crippen LogP) is 2.74. The Balaban J connectivity index is 1.51. The van der Waals surface area contributed by atoms with Crippen LogP contribution in [0.15, 0.2) is 24.3 Å². The number of rotatable bonds is 8. The van der Waals surface area contributed by atoms with E-state index in [4.69, 9.17) is 4.74 Å². The predicted molar refractivity (Wildman–Crippen MR) is 86.6 cm³/mol. The fourth-order valence-corrected chi connectivity index (χ4v) is 3.41. The SMILES string of the molecule is O=[N+]([O-])c1cccc(OCC(O)CN(C2CCCC2)C2CC2)c1. The second-order valence-corrected chi connectivity index (χ2v) is 6.59. The van der Waals surface area contributed by atoms with Crippen LogP contribution in [0.25, 0.3) is 0 Å². The number of hydrogen-bond acceptors (Lipinski definition) is 5. The van der Waals surface area contributed by atoms with Crippen LogP contribution >= 0.6 is 0 Å². The minimum atomic E-state index is -0.574. The lowest BCUT2D eigenvalue weighted by atomic mass is 10.2. The first-order chi connectivity index (χ1) is 11.1. The molecular formula is C17H24N2O4. The van der Waals surface area contributed by atoms with Crippen LogP contribution in [0.1, 0.15) is 38.5 Å². The second-order valence-electron chi connectivity index (χ2n) is 6.59. The Labute approximate surface area is 136 Å². The summed E-state index contributed by atoms with van der Waals surface area (Å²) in [6.45, 7) is 0.793. The topological polar surface area (TPSA) is 75.8 Å². The molecule has 2 fully saturated rings. The molecule has 1 N–H and O–H groups in total. The van der Waals surface area contributed by atoms with Gasteiger partial charge in [-0.3, -0.25) is 15.0 Å². The van der Waals surface area contributed by atoms with E-state index in [1.807, 2.05) is 0 Å². The van der Waals surface area contributed by atoms with Crippen LogP contribution in [0, 0.1) is 10.1 Å². The summed E-state index contributed by atoms with van der Waals surface area (Å²) >= 11 is 0. The van der Waals surface area contributed by atoms with Crippen molar-refractivity contribution in [1.29, 1.82) is 0 Å². The smallest absolute Gasteiger partial charge is 0.273 e. The first-order valence-electron chi connectivity index (χ1n) is 8.44.